The number of aromatic nitrogens is 4. The number of carbonyl (C=O) groups excluding carboxylic acids is 1. The van der Waals surface area contributed by atoms with E-state index in [2.05, 4.69) is 21.4 Å². The monoisotopic (exact) mass is 602 g/mol. The third-order valence-electron chi connectivity index (χ3n) is 8.02. The van der Waals surface area contributed by atoms with Gasteiger partial charge in [0.1, 0.15) is 41.0 Å². The van der Waals surface area contributed by atoms with Crippen LogP contribution in [0.1, 0.15) is 31.7 Å². The molecule has 2 aliphatic heterocycles. The molecule has 3 N–H and O–H groups in total. The van der Waals surface area contributed by atoms with Crippen molar-refractivity contribution in [2.75, 3.05) is 31.9 Å². The highest BCUT2D eigenvalue weighted by atomic mass is 19.2. The van der Waals surface area contributed by atoms with Crippen molar-refractivity contribution in [3.05, 3.63) is 71.8 Å². The Kier molecular flexibility index (Phi) is 8.17. The van der Waals surface area contributed by atoms with Gasteiger partial charge in [-0.1, -0.05) is 12.1 Å². The van der Waals surface area contributed by atoms with E-state index in [0.29, 0.717) is 30.4 Å². The van der Waals surface area contributed by atoms with E-state index in [4.69, 9.17) is 15.6 Å². The summed E-state index contributed by atoms with van der Waals surface area (Å²) in [6.07, 6.45) is 6.16. The molecule has 0 aliphatic carbocycles. The molecular formula is C31H29F3N8O2. The fourth-order valence-electron chi connectivity index (χ4n) is 5.79. The van der Waals surface area contributed by atoms with Gasteiger partial charge in [0.15, 0.2) is 17.2 Å². The van der Waals surface area contributed by atoms with Gasteiger partial charge in [0.05, 0.1) is 11.4 Å². The van der Waals surface area contributed by atoms with E-state index in [1.807, 2.05) is 0 Å². The summed E-state index contributed by atoms with van der Waals surface area (Å²) in [5, 5.41) is 18.1. The van der Waals surface area contributed by atoms with Crippen LogP contribution in [0, 0.1) is 34.7 Å². The van der Waals surface area contributed by atoms with Gasteiger partial charge in [0, 0.05) is 24.7 Å². The van der Waals surface area contributed by atoms with Crippen molar-refractivity contribution in [2.45, 2.75) is 31.7 Å². The normalized spacial score (nSPS) is 17.9. The molecule has 0 unspecified atom stereocenters. The quantitative estimate of drug-likeness (QED) is 0.235. The molecule has 0 radical (unpaired) electrons. The van der Waals surface area contributed by atoms with Crippen LogP contribution in [0.3, 0.4) is 0 Å². The summed E-state index contributed by atoms with van der Waals surface area (Å²) < 4.78 is 50.3. The summed E-state index contributed by atoms with van der Waals surface area (Å²) in [4.78, 5) is 23.5. The molecule has 0 bridgehead atoms. The number of likely N-dealkylation sites (tertiary alicyclic amines) is 1. The third kappa shape index (κ3) is 5.68. The second kappa shape index (κ2) is 12.3. The molecule has 2 aliphatic rings. The Morgan fingerprint density at radius 1 is 1.11 bits per heavy atom. The maximum atomic E-state index is 15.5. The highest BCUT2D eigenvalue weighted by molar-refractivity contribution is 5.99. The number of amides is 1. The summed E-state index contributed by atoms with van der Waals surface area (Å²) in [6.45, 7) is 2.47. The Labute approximate surface area is 250 Å². The summed E-state index contributed by atoms with van der Waals surface area (Å²) in [5.74, 6) is -3.49. The van der Waals surface area contributed by atoms with E-state index in [0.717, 1.165) is 38.1 Å². The average Bonchev–Trinajstić information content (AvgIpc) is 3.43. The number of rotatable bonds is 6. The number of hydrogen-bond donors (Lipinski definition) is 2. The minimum absolute atomic E-state index is 0.0454. The molecule has 4 heterocycles. The highest BCUT2D eigenvalue weighted by Crippen LogP contribution is 2.37. The number of halogens is 3. The van der Waals surface area contributed by atoms with Crippen molar-refractivity contribution in [3.63, 3.8) is 0 Å². The van der Waals surface area contributed by atoms with Gasteiger partial charge in [-0.3, -0.25) is 4.79 Å². The summed E-state index contributed by atoms with van der Waals surface area (Å²) in [7, 11) is 0. The second-order valence-corrected chi connectivity index (χ2v) is 10.9. The molecule has 0 saturated carbocycles. The number of fused-ring (bicyclic) bond motifs is 1. The first-order chi connectivity index (χ1) is 21.3. The predicted octanol–water partition coefficient (Wildman–Crippen LogP) is 4.90. The van der Waals surface area contributed by atoms with Crippen molar-refractivity contribution in [2.24, 2.45) is 5.92 Å². The van der Waals surface area contributed by atoms with Crippen LogP contribution in [0.2, 0.25) is 0 Å². The average molecular weight is 603 g/mol. The summed E-state index contributed by atoms with van der Waals surface area (Å²) in [5.41, 5.74) is 7.00. The first-order valence-corrected chi connectivity index (χ1v) is 14.4. The van der Waals surface area contributed by atoms with E-state index in [1.165, 1.54) is 30.6 Å². The largest absolute Gasteiger partial charge is 0.454 e. The Morgan fingerprint density at radius 2 is 1.93 bits per heavy atom. The van der Waals surface area contributed by atoms with E-state index in [-0.39, 0.29) is 58.6 Å². The molecule has 2 fully saturated rings. The Hall–Kier alpha value is -4.96. The number of benzene rings is 2. The van der Waals surface area contributed by atoms with Crippen molar-refractivity contribution < 1.29 is 22.7 Å². The van der Waals surface area contributed by atoms with E-state index >= 15 is 4.39 Å². The maximum absolute atomic E-state index is 15.5. The summed E-state index contributed by atoms with van der Waals surface area (Å²) >= 11 is 0. The Bertz CT molecular complexity index is 1790. The second-order valence-electron chi connectivity index (χ2n) is 10.9. The van der Waals surface area contributed by atoms with Gasteiger partial charge >= 0.3 is 0 Å². The SMILES string of the molecule is N#C/C(=C/C1CCNCC1)C(=O)N1CCC[C@H](n2nc(-c3ccc(Oc4cccc(F)c4F)cc3F)c3c(N)ncnc32)C1. The molecule has 2 aromatic carbocycles. The number of hydrogen-bond acceptors (Lipinski definition) is 8. The van der Waals surface area contributed by atoms with E-state index in [9.17, 15) is 18.8 Å². The lowest BCUT2D eigenvalue weighted by Gasteiger charge is -2.33. The lowest BCUT2D eigenvalue weighted by molar-refractivity contribution is -0.128. The minimum atomic E-state index is -1.18. The van der Waals surface area contributed by atoms with E-state index in [1.54, 1.807) is 15.7 Å². The number of nitrogens with zero attached hydrogens (tertiary/aromatic N) is 6. The van der Waals surface area contributed by atoms with Crippen molar-refractivity contribution in [3.8, 4) is 28.8 Å². The molecule has 2 saturated heterocycles. The molecule has 10 nitrogen and oxygen atoms in total. The Morgan fingerprint density at radius 3 is 2.70 bits per heavy atom. The van der Waals surface area contributed by atoms with Crippen molar-refractivity contribution in [1.29, 1.82) is 5.26 Å². The molecule has 1 amide bonds. The lowest BCUT2D eigenvalue weighted by atomic mass is 9.95. The van der Waals surface area contributed by atoms with Crippen LogP contribution in [0.15, 0.2) is 54.4 Å². The Balaban J connectivity index is 1.30. The number of anilines is 1. The van der Waals surface area contributed by atoms with Gasteiger partial charge in [0.25, 0.3) is 5.91 Å². The van der Waals surface area contributed by atoms with E-state index < -0.39 is 17.5 Å². The van der Waals surface area contributed by atoms with Crippen molar-refractivity contribution >= 4 is 22.8 Å². The van der Waals surface area contributed by atoms with Gasteiger partial charge < -0.3 is 20.7 Å². The number of piperidine rings is 2. The maximum Gasteiger partial charge on any atom is 0.264 e. The molecule has 0 spiro atoms. The molecule has 2 aromatic heterocycles. The highest BCUT2D eigenvalue weighted by Gasteiger charge is 2.31. The first-order valence-electron chi connectivity index (χ1n) is 14.4. The van der Waals surface area contributed by atoms with Crippen LogP contribution in [0.25, 0.3) is 22.3 Å². The number of nitriles is 1. The summed E-state index contributed by atoms with van der Waals surface area (Å²) in [6, 6.07) is 9.11. The van der Waals surface area contributed by atoms with Gasteiger partial charge in [-0.05, 0) is 69.0 Å². The topological polar surface area (TPSA) is 135 Å². The molecule has 4 aromatic rings. The smallest absolute Gasteiger partial charge is 0.264 e. The number of carbonyl (C=O) groups is 1. The molecule has 13 heteroatoms. The molecule has 6 rings (SSSR count). The number of nitrogens with two attached hydrogens (primary N) is 1. The zero-order chi connectivity index (χ0) is 30.8. The molecule has 226 valence electrons. The molecule has 44 heavy (non-hydrogen) atoms. The van der Waals surface area contributed by atoms with Crippen LogP contribution in [-0.4, -0.2) is 56.7 Å². The lowest BCUT2D eigenvalue weighted by Crippen LogP contribution is -2.41. The van der Waals surface area contributed by atoms with Crippen LogP contribution >= 0.6 is 0 Å². The first kappa shape index (κ1) is 29.1. The van der Waals surface area contributed by atoms with Gasteiger partial charge in [-0.2, -0.15) is 14.8 Å². The number of nitrogens with one attached hydrogen (secondary N) is 1. The molecule has 1 atom stereocenters. The van der Waals surface area contributed by atoms with Crippen LogP contribution in [-0.2, 0) is 4.79 Å². The minimum Gasteiger partial charge on any atom is -0.454 e. The number of allylic oxidation sites excluding steroid dienone is 1. The zero-order valence-electron chi connectivity index (χ0n) is 23.6. The van der Waals surface area contributed by atoms with Gasteiger partial charge in [0.2, 0.25) is 5.82 Å². The molecular weight excluding hydrogens is 573 g/mol. The number of ether oxygens (including phenoxy) is 1. The fraction of sp³-hybridized carbons (Fsp3) is 0.323. The standard InChI is InChI=1S/C31H29F3N8O2/c32-23-4-1-5-25(27(23)34)44-21-6-7-22(24(33)14-21)28-26-29(36)38-17-39-30(26)42(40-28)20-3-2-12-41(16-20)31(43)19(15-35)13-18-8-10-37-11-9-18/h1,4-7,13-14,17-18,20,37H,2-3,8-12,16H2,(H2,36,38,39)/b19-13-/t20-/m0/s1. The zero-order valence-corrected chi connectivity index (χ0v) is 23.6. The van der Waals surface area contributed by atoms with Crippen LogP contribution in [0.5, 0.6) is 11.5 Å². The number of nitrogen functional groups attached to an aromatic ring is 1. The van der Waals surface area contributed by atoms with Crippen LogP contribution < -0.4 is 15.8 Å². The van der Waals surface area contributed by atoms with Crippen molar-refractivity contribution in [1.82, 2.24) is 30.0 Å². The predicted molar refractivity (Wildman–Crippen MR) is 156 cm³/mol. The van der Waals surface area contributed by atoms with Crippen LogP contribution in [0.4, 0.5) is 19.0 Å². The van der Waals surface area contributed by atoms with Gasteiger partial charge in [-0.15, -0.1) is 0 Å². The van der Waals surface area contributed by atoms with Gasteiger partial charge in [-0.25, -0.2) is 23.4 Å². The fourth-order valence-corrected chi connectivity index (χ4v) is 5.79. The third-order valence-corrected chi connectivity index (χ3v) is 8.02.